The monoisotopic (exact) mass is 727 g/mol. The van der Waals surface area contributed by atoms with Gasteiger partial charge in [0.2, 0.25) is 11.7 Å². The van der Waals surface area contributed by atoms with E-state index in [2.05, 4.69) is 32.0 Å². The highest BCUT2D eigenvalue weighted by Gasteiger charge is 2.31. The first-order valence-electron chi connectivity index (χ1n) is 13.6. The Balaban J connectivity index is 1.39. The highest BCUT2D eigenvalue weighted by Crippen LogP contribution is 2.31. The molecule has 1 aromatic heterocycles. The topological polar surface area (TPSA) is 107 Å². The molecule has 2 heterocycles. The van der Waals surface area contributed by atoms with E-state index in [-0.39, 0.29) is 51.2 Å². The minimum absolute atomic E-state index is 0.102. The first kappa shape index (κ1) is 32.1. The third-order valence-corrected chi connectivity index (χ3v) is 9.90. The molecular formula is C30H33Cl2FIN5O3. The maximum atomic E-state index is 15.3. The van der Waals surface area contributed by atoms with Gasteiger partial charge in [-0.2, -0.15) is 4.39 Å². The lowest BCUT2D eigenvalue weighted by Gasteiger charge is -2.33. The van der Waals surface area contributed by atoms with Crippen LogP contribution in [0.15, 0.2) is 48.8 Å². The summed E-state index contributed by atoms with van der Waals surface area (Å²) in [6, 6.07) is 11.4. The summed E-state index contributed by atoms with van der Waals surface area (Å²) in [5.41, 5.74) is 2.35. The predicted molar refractivity (Wildman–Crippen MR) is 176 cm³/mol. The Bertz CT molecular complexity index is 1430. The van der Waals surface area contributed by atoms with E-state index in [1.807, 2.05) is 24.3 Å². The number of benzene rings is 2. The zero-order valence-corrected chi connectivity index (χ0v) is 26.8. The molecule has 8 nitrogen and oxygen atoms in total. The number of aromatic nitrogens is 2. The van der Waals surface area contributed by atoms with E-state index in [0.717, 1.165) is 23.1 Å². The van der Waals surface area contributed by atoms with Crippen molar-refractivity contribution < 1.29 is 19.1 Å². The van der Waals surface area contributed by atoms with Gasteiger partial charge in [-0.25, -0.2) is 14.8 Å². The molecule has 0 aliphatic carbocycles. The molecule has 1 aliphatic rings. The number of carbonyl (C=O) groups is 2. The molecule has 2 unspecified atom stereocenters. The fourth-order valence-electron chi connectivity index (χ4n) is 4.82. The molecule has 4 rings (SSSR count). The first-order chi connectivity index (χ1) is 20.2. The van der Waals surface area contributed by atoms with Crippen LogP contribution in [0.2, 0.25) is 10.0 Å². The summed E-state index contributed by atoms with van der Waals surface area (Å²) in [6.45, 7) is 3.48. The van der Waals surface area contributed by atoms with Gasteiger partial charge in [0.1, 0.15) is 12.4 Å². The van der Waals surface area contributed by atoms with Gasteiger partial charge in [-0.15, -0.1) is 20.7 Å². The van der Waals surface area contributed by atoms with Gasteiger partial charge in [0.25, 0.3) is 0 Å². The minimum atomic E-state index is -1.13. The fourth-order valence-corrected chi connectivity index (χ4v) is 5.97. The van der Waals surface area contributed by atoms with Crippen LogP contribution in [0.3, 0.4) is 0 Å². The highest BCUT2D eigenvalue weighted by molar-refractivity contribution is 14.2. The largest absolute Gasteiger partial charge is 0.480 e. The molecule has 2 aromatic carbocycles. The number of aliphatic carboxylic acids is 1. The van der Waals surface area contributed by atoms with Crippen LogP contribution in [0.1, 0.15) is 31.7 Å². The molecule has 1 fully saturated rings. The van der Waals surface area contributed by atoms with Crippen molar-refractivity contribution in [2.75, 3.05) is 29.9 Å². The number of piperidine rings is 1. The zero-order chi connectivity index (χ0) is 30.2. The lowest BCUT2D eigenvalue weighted by Crippen LogP contribution is -2.49. The van der Waals surface area contributed by atoms with E-state index in [4.69, 9.17) is 23.2 Å². The number of rotatable bonds is 12. The second-order valence-corrected chi connectivity index (χ2v) is 14.1. The molecule has 3 atom stereocenters. The van der Waals surface area contributed by atoms with E-state index >= 15 is 4.39 Å². The molecule has 3 N–H and O–H groups in total. The second-order valence-electron chi connectivity index (χ2n) is 10.2. The van der Waals surface area contributed by atoms with Gasteiger partial charge in [-0.05, 0) is 48.6 Å². The zero-order valence-electron chi connectivity index (χ0n) is 23.1. The summed E-state index contributed by atoms with van der Waals surface area (Å²) in [6.07, 6.45) is 3.50. The maximum absolute atomic E-state index is 15.3. The van der Waals surface area contributed by atoms with Crippen molar-refractivity contribution in [3.8, 4) is 11.1 Å². The van der Waals surface area contributed by atoms with Crippen molar-refractivity contribution >= 4 is 72.0 Å². The Morgan fingerprint density at radius 3 is 2.69 bits per heavy atom. The fraction of sp³-hybridized carbons (Fsp3) is 0.367. The molecule has 42 heavy (non-hydrogen) atoms. The summed E-state index contributed by atoms with van der Waals surface area (Å²) >= 11 is 12.3. The molecule has 3 aromatic rings. The number of carboxylic acids is 1. The van der Waals surface area contributed by atoms with Crippen LogP contribution in [-0.4, -0.2) is 61.1 Å². The molecule has 0 bridgehead atoms. The van der Waals surface area contributed by atoms with Crippen molar-refractivity contribution in [1.82, 2.24) is 15.3 Å². The van der Waals surface area contributed by atoms with E-state index in [1.54, 1.807) is 23.1 Å². The van der Waals surface area contributed by atoms with Gasteiger partial charge in [0.05, 0.1) is 5.92 Å². The van der Waals surface area contributed by atoms with Gasteiger partial charge >= 0.3 is 5.97 Å². The number of nitrogens with one attached hydrogen (secondary N) is 2. The van der Waals surface area contributed by atoms with Crippen LogP contribution >= 0.6 is 43.9 Å². The summed E-state index contributed by atoms with van der Waals surface area (Å²) in [5, 5.41) is 16.7. The predicted octanol–water partition coefficient (Wildman–Crippen LogP) is 6.21. The highest BCUT2D eigenvalue weighted by atomic mass is 127. The standard InChI is InChI=1S/C30H33Cl2FIN5O3/c1-18(34-2)11-12-35-27-26(33)28(37-17-36-27)39-13-3-4-21(16-39)29(40)38-25(30(41)42)14-19-5-7-20(8-6-19)23-15-22(31)9-10-24(23)32/h5-10,15,17-18,21,25H,2-4,11-14,16H2,1H3,(H,38,40)(H,41,42)(H,35,36,37)/t18?,21?,25-/m0/s1. The van der Waals surface area contributed by atoms with Crippen molar-refractivity contribution in [1.29, 1.82) is 0 Å². The third kappa shape index (κ3) is 8.38. The summed E-state index contributed by atoms with van der Waals surface area (Å²) in [5.74, 6) is -2.31. The second kappa shape index (κ2) is 15.1. The SMILES string of the molecule is C=IC(C)CCNc1ncnc(N2CCCC(C(=O)N[C@@H](Cc3ccc(-c4cc(Cl)ccc4Cl)cc3)C(=O)O)C2)c1F. The normalized spacial score (nSPS) is 16.5. The number of nitrogens with zero attached hydrogens (tertiary/aromatic N) is 3. The van der Waals surface area contributed by atoms with Gasteiger partial charge in [0.15, 0.2) is 11.6 Å². The Kier molecular flexibility index (Phi) is 11.5. The minimum Gasteiger partial charge on any atom is -0.480 e. The van der Waals surface area contributed by atoms with E-state index in [0.29, 0.717) is 39.9 Å². The van der Waals surface area contributed by atoms with Crippen LogP contribution in [0.4, 0.5) is 16.0 Å². The van der Waals surface area contributed by atoms with Crippen LogP contribution in [0.5, 0.6) is 0 Å². The number of halogens is 4. The summed E-state index contributed by atoms with van der Waals surface area (Å²) < 4.78 is 19.8. The van der Waals surface area contributed by atoms with Crippen molar-refractivity contribution in [2.24, 2.45) is 5.92 Å². The number of amides is 1. The molecule has 12 heteroatoms. The molecule has 1 aliphatic heterocycles. The number of hydrogen-bond donors (Lipinski definition) is 3. The molecule has 224 valence electrons. The van der Waals surface area contributed by atoms with Crippen LogP contribution in [-0.2, 0) is 16.0 Å². The molecule has 0 spiro atoms. The van der Waals surface area contributed by atoms with Gasteiger partial charge in [0, 0.05) is 45.6 Å². The maximum Gasteiger partial charge on any atom is 0.326 e. The first-order valence-corrected chi connectivity index (χ1v) is 17.1. The summed E-state index contributed by atoms with van der Waals surface area (Å²) in [7, 11) is 0. The lowest BCUT2D eigenvalue weighted by molar-refractivity contribution is -0.142. The number of hydrogen-bond acceptors (Lipinski definition) is 6. The molecule has 0 saturated carbocycles. The number of carbonyl (C=O) groups excluding carboxylic acids is 1. The van der Waals surface area contributed by atoms with Crippen LogP contribution < -0.4 is 15.5 Å². The Morgan fingerprint density at radius 1 is 1.21 bits per heavy atom. The Labute approximate surface area is 264 Å². The lowest BCUT2D eigenvalue weighted by atomic mass is 9.95. The van der Waals surface area contributed by atoms with E-state index in [1.165, 1.54) is 6.33 Å². The molecule has 1 amide bonds. The van der Waals surface area contributed by atoms with Crippen LogP contribution in [0, 0.1) is 11.7 Å². The van der Waals surface area contributed by atoms with Crippen molar-refractivity contribution in [3.63, 3.8) is 0 Å². The average molecular weight is 728 g/mol. The van der Waals surface area contributed by atoms with Crippen molar-refractivity contribution in [2.45, 2.75) is 42.6 Å². The van der Waals surface area contributed by atoms with Gasteiger partial charge < -0.3 is 20.6 Å². The molecule has 1 saturated heterocycles. The average Bonchev–Trinajstić information content (AvgIpc) is 2.99. The van der Waals surface area contributed by atoms with Crippen molar-refractivity contribution in [3.05, 3.63) is 70.2 Å². The quantitative estimate of drug-likeness (QED) is 0.151. The third-order valence-electron chi connectivity index (χ3n) is 7.21. The van der Waals surface area contributed by atoms with Crippen LogP contribution in [0.25, 0.3) is 11.1 Å². The molecule has 0 radical (unpaired) electrons. The summed E-state index contributed by atoms with van der Waals surface area (Å²) in [4.78, 5) is 35.2. The number of carboxylic acid groups (broad SMARTS) is 1. The van der Waals surface area contributed by atoms with Gasteiger partial charge in [-0.1, -0.05) is 58.9 Å². The Morgan fingerprint density at radius 2 is 1.98 bits per heavy atom. The Hall–Kier alpha value is -2.83. The number of alkyl halides is 1. The smallest absolute Gasteiger partial charge is 0.326 e. The molecular weight excluding hydrogens is 695 g/mol. The van der Waals surface area contributed by atoms with E-state index in [9.17, 15) is 14.7 Å². The van der Waals surface area contributed by atoms with E-state index < -0.39 is 23.7 Å². The number of anilines is 2. The van der Waals surface area contributed by atoms with Gasteiger partial charge in [-0.3, -0.25) is 4.79 Å².